The molecule has 2 atom stereocenters. The van der Waals surface area contributed by atoms with Crippen LogP contribution in [-0.4, -0.2) is 10.7 Å². The van der Waals surface area contributed by atoms with Crippen LogP contribution in [0.2, 0.25) is 0 Å². The average Bonchev–Trinajstić information content (AvgIpc) is 2.59. The molecule has 0 aromatic carbocycles. The Morgan fingerprint density at radius 2 is 2.23 bits per heavy atom. The molecular formula is C12H22O. The molecule has 1 nitrogen and oxygen atoms in total. The third-order valence-corrected chi connectivity index (χ3v) is 3.24. The summed E-state index contributed by atoms with van der Waals surface area (Å²) in [7, 11) is 0. The van der Waals surface area contributed by atoms with Crippen LogP contribution in [-0.2, 0) is 0 Å². The smallest absolute Gasteiger partial charge is 0.0591 e. The number of rotatable bonds is 5. The fourth-order valence-electron chi connectivity index (χ4n) is 2.02. The largest absolute Gasteiger partial charge is 0.390 e. The zero-order valence-corrected chi connectivity index (χ0v) is 9.14. The van der Waals surface area contributed by atoms with E-state index in [0.717, 1.165) is 18.8 Å². The molecule has 0 radical (unpaired) electrons. The molecule has 0 spiro atoms. The van der Waals surface area contributed by atoms with Crippen molar-refractivity contribution in [1.82, 2.24) is 0 Å². The quantitative estimate of drug-likeness (QED) is 0.648. The summed E-state index contributed by atoms with van der Waals surface area (Å²) >= 11 is 0. The summed E-state index contributed by atoms with van der Waals surface area (Å²) < 4.78 is 0. The standard InChI is InChI=1S/C12H22O/c1-5-10-9-12(10,4)8-6-7-11(2,3)13/h5,10,13H,1,6-9H2,2-4H3/t10-,12+/m0/s1. The average molecular weight is 182 g/mol. The SMILES string of the molecule is C=C[C@H]1C[C@@]1(C)CCCC(C)(C)O. The minimum absolute atomic E-state index is 0.491. The molecule has 1 aliphatic rings. The van der Waals surface area contributed by atoms with E-state index in [1.54, 1.807) is 0 Å². The Morgan fingerprint density at radius 1 is 1.62 bits per heavy atom. The van der Waals surface area contributed by atoms with E-state index in [1.165, 1.54) is 12.8 Å². The molecule has 1 saturated carbocycles. The Balaban J connectivity index is 2.18. The van der Waals surface area contributed by atoms with Crippen LogP contribution >= 0.6 is 0 Å². The first-order chi connectivity index (χ1) is 5.87. The number of hydrogen-bond donors (Lipinski definition) is 1. The fraction of sp³-hybridized carbons (Fsp3) is 0.833. The van der Waals surface area contributed by atoms with Crippen LogP contribution in [0.1, 0.15) is 46.5 Å². The highest BCUT2D eigenvalue weighted by atomic mass is 16.3. The van der Waals surface area contributed by atoms with Crippen LogP contribution < -0.4 is 0 Å². The highest BCUT2D eigenvalue weighted by molar-refractivity contribution is 5.07. The summed E-state index contributed by atoms with van der Waals surface area (Å²) in [6.07, 6.45) is 6.64. The Bertz CT molecular complexity index is 190. The Morgan fingerprint density at radius 3 is 2.62 bits per heavy atom. The molecule has 0 aromatic heterocycles. The zero-order chi connectivity index (χ0) is 10.1. The second-order valence-corrected chi connectivity index (χ2v) is 5.37. The Kier molecular flexibility index (Phi) is 2.86. The van der Waals surface area contributed by atoms with E-state index < -0.39 is 5.60 Å². The molecular weight excluding hydrogens is 160 g/mol. The highest BCUT2D eigenvalue weighted by Gasteiger charge is 2.46. The van der Waals surface area contributed by atoms with Gasteiger partial charge in [0.15, 0.2) is 0 Å². The van der Waals surface area contributed by atoms with Crippen molar-refractivity contribution < 1.29 is 5.11 Å². The van der Waals surface area contributed by atoms with Crippen LogP contribution in [0.4, 0.5) is 0 Å². The molecule has 1 aliphatic carbocycles. The first-order valence-corrected chi connectivity index (χ1v) is 5.22. The van der Waals surface area contributed by atoms with Gasteiger partial charge >= 0.3 is 0 Å². The van der Waals surface area contributed by atoms with Crippen LogP contribution in [0.5, 0.6) is 0 Å². The van der Waals surface area contributed by atoms with Gasteiger partial charge in [-0.2, -0.15) is 0 Å². The van der Waals surface area contributed by atoms with Gasteiger partial charge in [0.1, 0.15) is 0 Å². The molecule has 1 N–H and O–H groups in total. The minimum atomic E-state index is -0.491. The molecule has 0 aromatic rings. The van der Waals surface area contributed by atoms with E-state index in [0.29, 0.717) is 5.41 Å². The summed E-state index contributed by atoms with van der Waals surface area (Å²) in [5.41, 5.74) is 0.0158. The molecule has 0 aliphatic heterocycles. The second-order valence-electron chi connectivity index (χ2n) is 5.37. The van der Waals surface area contributed by atoms with Gasteiger partial charge in [0.25, 0.3) is 0 Å². The molecule has 0 heterocycles. The van der Waals surface area contributed by atoms with Crippen LogP contribution in [0.3, 0.4) is 0 Å². The van der Waals surface area contributed by atoms with Gasteiger partial charge in [-0.25, -0.2) is 0 Å². The third-order valence-electron chi connectivity index (χ3n) is 3.24. The lowest BCUT2D eigenvalue weighted by Crippen LogP contribution is -2.18. The van der Waals surface area contributed by atoms with Gasteiger partial charge in [-0.15, -0.1) is 6.58 Å². The third kappa shape index (κ3) is 3.15. The predicted octanol–water partition coefficient (Wildman–Crippen LogP) is 3.14. The van der Waals surface area contributed by atoms with Gasteiger partial charge < -0.3 is 5.11 Å². The van der Waals surface area contributed by atoms with Crippen molar-refractivity contribution in [2.24, 2.45) is 11.3 Å². The van der Waals surface area contributed by atoms with E-state index >= 15 is 0 Å². The lowest BCUT2D eigenvalue weighted by molar-refractivity contribution is 0.0665. The maximum Gasteiger partial charge on any atom is 0.0591 e. The molecule has 1 heteroatoms. The molecule has 0 unspecified atom stereocenters. The van der Waals surface area contributed by atoms with E-state index in [1.807, 2.05) is 13.8 Å². The Labute approximate surface area is 81.9 Å². The van der Waals surface area contributed by atoms with Gasteiger partial charge in [0.2, 0.25) is 0 Å². The highest BCUT2D eigenvalue weighted by Crippen LogP contribution is 2.56. The topological polar surface area (TPSA) is 20.2 Å². The summed E-state index contributed by atoms with van der Waals surface area (Å²) in [6.45, 7) is 9.91. The molecule has 0 saturated heterocycles. The molecule has 13 heavy (non-hydrogen) atoms. The number of allylic oxidation sites excluding steroid dienone is 1. The van der Waals surface area contributed by atoms with Crippen LogP contribution in [0.15, 0.2) is 12.7 Å². The molecule has 1 rings (SSSR count). The summed E-state index contributed by atoms with van der Waals surface area (Å²) in [5, 5.41) is 9.54. The van der Waals surface area contributed by atoms with Crippen molar-refractivity contribution in [2.45, 2.75) is 52.1 Å². The molecule has 1 fully saturated rings. The van der Waals surface area contributed by atoms with Crippen molar-refractivity contribution >= 4 is 0 Å². The van der Waals surface area contributed by atoms with Crippen LogP contribution in [0.25, 0.3) is 0 Å². The zero-order valence-electron chi connectivity index (χ0n) is 9.14. The minimum Gasteiger partial charge on any atom is -0.390 e. The summed E-state index contributed by atoms with van der Waals surface area (Å²) in [5.74, 6) is 0.731. The van der Waals surface area contributed by atoms with Crippen LogP contribution in [0, 0.1) is 11.3 Å². The number of hydrogen-bond acceptors (Lipinski definition) is 1. The van der Waals surface area contributed by atoms with E-state index in [-0.39, 0.29) is 0 Å². The lowest BCUT2D eigenvalue weighted by atomic mass is 9.94. The van der Waals surface area contributed by atoms with Gasteiger partial charge in [-0.1, -0.05) is 19.4 Å². The van der Waals surface area contributed by atoms with Crippen molar-refractivity contribution in [2.75, 3.05) is 0 Å². The van der Waals surface area contributed by atoms with Crippen molar-refractivity contribution in [3.8, 4) is 0 Å². The predicted molar refractivity (Wildman–Crippen MR) is 56.6 cm³/mol. The second kappa shape index (κ2) is 3.45. The first-order valence-electron chi connectivity index (χ1n) is 5.22. The molecule has 76 valence electrons. The van der Waals surface area contributed by atoms with Gasteiger partial charge in [-0.3, -0.25) is 0 Å². The van der Waals surface area contributed by atoms with Gasteiger partial charge in [0, 0.05) is 0 Å². The summed E-state index contributed by atoms with van der Waals surface area (Å²) in [6, 6.07) is 0. The maximum atomic E-state index is 9.54. The van der Waals surface area contributed by atoms with Crippen molar-refractivity contribution in [1.29, 1.82) is 0 Å². The van der Waals surface area contributed by atoms with E-state index in [2.05, 4.69) is 19.6 Å². The number of aliphatic hydroxyl groups is 1. The van der Waals surface area contributed by atoms with Gasteiger partial charge in [-0.05, 0) is 44.4 Å². The van der Waals surface area contributed by atoms with Crippen molar-refractivity contribution in [3.05, 3.63) is 12.7 Å². The normalized spacial score (nSPS) is 33.1. The van der Waals surface area contributed by atoms with E-state index in [4.69, 9.17) is 0 Å². The lowest BCUT2D eigenvalue weighted by Gasteiger charge is -2.18. The van der Waals surface area contributed by atoms with E-state index in [9.17, 15) is 5.11 Å². The molecule has 0 bridgehead atoms. The first kappa shape index (κ1) is 10.8. The maximum absolute atomic E-state index is 9.54. The monoisotopic (exact) mass is 182 g/mol. The van der Waals surface area contributed by atoms with Gasteiger partial charge in [0.05, 0.1) is 5.60 Å². The van der Waals surface area contributed by atoms with Crippen molar-refractivity contribution in [3.63, 3.8) is 0 Å². The summed E-state index contributed by atoms with van der Waals surface area (Å²) in [4.78, 5) is 0. The Hall–Kier alpha value is -0.300. The fourth-order valence-corrected chi connectivity index (χ4v) is 2.02. The molecule has 0 amide bonds.